The molecule has 2 aromatic carbocycles. The summed E-state index contributed by atoms with van der Waals surface area (Å²) in [6.45, 7) is 0.701. The highest BCUT2D eigenvalue weighted by Gasteiger charge is 2.34. The molecule has 0 spiro atoms. The summed E-state index contributed by atoms with van der Waals surface area (Å²) >= 11 is 6.13. The van der Waals surface area contributed by atoms with Gasteiger partial charge in [-0.2, -0.15) is 5.90 Å². The maximum absolute atomic E-state index is 13.2. The first kappa shape index (κ1) is 22.6. The van der Waals surface area contributed by atoms with E-state index in [2.05, 4.69) is 10.2 Å². The zero-order chi connectivity index (χ0) is 21.7. The number of carbonyl (C=O) groups excluding carboxylic acids is 1. The van der Waals surface area contributed by atoms with Crippen LogP contribution in [0.25, 0.3) is 0 Å². The lowest BCUT2D eigenvalue weighted by atomic mass is 9.96. The highest BCUT2D eigenvalue weighted by Crippen LogP contribution is 2.40. The van der Waals surface area contributed by atoms with Gasteiger partial charge in [0.05, 0.1) is 16.6 Å². The van der Waals surface area contributed by atoms with E-state index in [1.165, 1.54) is 10.4 Å². The Morgan fingerprint density at radius 2 is 1.87 bits per heavy atom. The van der Waals surface area contributed by atoms with Crippen LogP contribution in [0.2, 0.25) is 5.02 Å². The van der Waals surface area contributed by atoms with Gasteiger partial charge in [0.15, 0.2) is 0 Å². The summed E-state index contributed by atoms with van der Waals surface area (Å²) in [4.78, 5) is 15.4. The van der Waals surface area contributed by atoms with E-state index in [1.54, 1.807) is 19.2 Å². The fourth-order valence-corrected chi connectivity index (χ4v) is 5.42. The minimum atomic E-state index is -3.72. The molecule has 2 aromatic rings. The summed E-state index contributed by atoms with van der Waals surface area (Å²) in [5.41, 5.74) is 2.22. The van der Waals surface area contributed by atoms with Gasteiger partial charge in [0.1, 0.15) is 0 Å². The molecule has 0 aliphatic carbocycles. The third kappa shape index (κ3) is 4.78. The Hall–Kier alpha value is -2.13. The van der Waals surface area contributed by atoms with Crippen LogP contribution in [0.3, 0.4) is 0 Å². The molecule has 1 heterocycles. The lowest BCUT2D eigenvalue weighted by Crippen LogP contribution is -2.26. The van der Waals surface area contributed by atoms with Crippen molar-refractivity contribution in [3.63, 3.8) is 0 Å². The van der Waals surface area contributed by atoms with Crippen molar-refractivity contribution in [2.24, 2.45) is 5.90 Å². The van der Waals surface area contributed by atoms with Gasteiger partial charge in [-0.05, 0) is 48.7 Å². The van der Waals surface area contributed by atoms with Crippen LogP contribution in [0, 0.1) is 0 Å². The summed E-state index contributed by atoms with van der Waals surface area (Å²) in [7, 11) is -2.16. The van der Waals surface area contributed by atoms with Gasteiger partial charge in [-0.25, -0.2) is 8.42 Å². The number of benzene rings is 2. The lowest BCUT2D eigenvalue weighted by molar-refractivity contribution is -0.144. The van der Waals surface area contributed by atoms with Crippen molar-refractivity contribution in [3.8, 4) is 0 Å². The van der Waals surface area contributed by atoms with Crippen molar-refractivity contribution < 1.29 is 18.0 Å². The Labute approximate surface area is 182 Å². The molecule has 0 radical (unpaired) electrons. The summed E-state index contributed by atoms with van der Waals surface area (Å²) in [6, 6.07) is 12.2. The molecule has 0 amide bonds. The second-order valence-electron chi connectivity index (χ2n) is 7.25. The van der Waals surface area contributed by atoms with E-state index < -0.39 is 16.0 Å². The number of hydrogen-bond acceptors (Lipinski definition) is 6. The molecule has 1 aliphatic rings. The predicted molar refractivity (Wildman–Crippen MR) is 117 cm³/mol. The van der Waals surface area contributed by atoms with E-state index in [0.29, 0.717) is 29.2 Å². The Kier molecular flexibility index (Phi) is 7.36. The van der Waals surface area contributed by atoms with Gasteiger partial charge in [-0.1, -0.05) is 48.7 Å². The van der Waals surface area contributed by atoms with E-state index in [9.17, 15) is 13.2 Å². The number of unbranched alkanes of at least 4 members (excludes halogenated alkanes) is 3. The number of para-hydroxylation sites is 1. The Bertz CT molecular complexity index is 1010. The molecule has 162 valence electrons. The highest BCUT2D eigenvalue weighted by atomic mass is 35.5. The average molecular weight is 452 g/mol. The van der Waals surface area contributed by atoms with Crippen LogP contribution >= 0.6 is 11.6 Å². The third-order valence-electron chi connectivity index (χ3n) is 5.30. The Morgan fingerprint density at radius 1 is 1.13 bits per heavy atom. The van der Waals surface area contributed by atoms with E-state index in [4.69, 9.17) is 17.5 Å². The standard InChI is InChI=1S/C21H26ClN3O4S/c1-25-18-9-6-5-8-16(18)21(24-13-7-3-2-4-10-20(26)29-23)17-12-11-15(22)14-19(17)30(25,27)28/h5-6,8-9,11-12,14,21,24H,2-4,7,10,13,23H2,1H3. The van der Waals surface area contributed by atoms with Crippen molar-refractivity contribution in [2.45, 2.75) is 43.0 Å². The number of fused-ring (bicyclic) bond motifs is 2. The number of anilines is 1. The van der Waals surface area contributed by atoms with Crippen molar-refractivity contribution in [2.75, 3.05) is 17.9 Å². The van der Waals surface area contributed by atoms with Gasteiger partial charge in [0.25, 0.3) is 10.0 Å². The quantitative estimate of drug-likeness (QED) is 0.470. The normalized spacial score (nSPS) is 17.0. The van der Waals surface area contributed by atoms with Crippen molar-refractivity contribution in [1.29, 1.82) is 0 Å². The monoisotopic (exact) mass is 451 g/mol. The minimum Gasteiger partial charge on any atom is -0.373 e. The van der Waals surface area contributed by atoms with Gasteiger partial charge >= 0.3 is 5.97 Å². The van der Waals surface area contributed by atoms with Crippen molar-refractivity contribution in [1.82, 2.24) is 5.32 Å². The van der Waals surface area contributed by atoms with Crippen molar-refractivity contribution >= 4 is 33.3 Å². The van der Waals surface area contributed by atoms with Crippen LogP contribution in [-0.2, 0) is 19.7 Å². The Morgan fingerprint density at radius 3 is 2.63 bits per heavy atom. The van der Waals surface area contributed by atoms with Crippen LogP contribution in [0.15, 0.2) is 47.4 Å². The number of sulfonamides is 1. The van der Waals surface area contributed by atoms with Crippen LogP contribution in [0.4, 0.5) is 5.69 Å². The first-order valence-electron chi connectivity index (χ1n) is 9.86. The second-order valence-corrected chi connectivity index (χ2v) is 9.63. The molecule has 0 fully saturated rings. The smallest absolute Gasteiger partial charge is 0.324 e. The molecule has 1 aliphatic heterocycles. The van der Waals surface area contributed by atoms with Gasteiger partial charge in [-0.15, -0.1) is 0 Å². The number of nitrogens with two attached hydrogens (primary N) is 1. The van der Waals surface area contributed by atoms with E-state index in [-0.39, 0.29) is 10.9 Å². The van der Waals surface area contributed by atoms with E-state index >= 15 is 0 Å². The van der Waals surface area contributed by atoms with Gasteiger partial charge < -0.3 is 10.2 Å². The molecule has 7 nitrogen and oxygen atoms in total. The molecule has 0 aromatic heterocycles. The van der Waals surface area contributed by atoms with Gasteiger partial charge in [0, 0.05) is 18.5 Å². The molecular weight excluding hydrogens is 426 g/mol. The molecule has 1 atom stereocenters. The molecule has 1 unspecified atom stereocenters. The minimum absolute atomic E-state index is 0.214. The summed E-state index contributed by atoms with van der Waals surface area (Å²) in [6.07, 6.45) is 3.76. The number of nitrogens with zero attached hydrogens (tertiary/aromatic N) is 1. The van der Waals surface area contributed by atoms with Crippen LogP contribution in [0.1, 0.15) is 49.3 Å². The number of nitrogens with one attached hydrogen (secondary N) is 1. The van der Waals surface area contributed by atoms with Gasteiger partial charge in [0.2, 0.25) is 0 Å². The SMILES string of the molecule is CN1c2ccccc2C(NCCCCCCC(=O)ON)c2ccc(Cl)cc2S1(=O)=O. The molecule has 9 heteroatoms. The molecular formula is C21H26ClN3O4S. The maximum Gasteiger partial charge on any atom is 0.324 e. The molecule has 0 saturated carbocycles. The zero-order valence-electron chi connectivity index (χ0n) is 16.8. The maximum atomic E-state index is 13.2. The first-order valence-corrected chi connectivity index (χ1v) is 11.7. The number of hydrogen-bond donors (Lipinski definition) is 2. The summed E-state index contributed by atoms with van der Waals surface area (Å²) in [5.74, 6) is 4.43. The largest absolute Gasteiger partial charge is 0.373 e. The van der Waals surface area contributed by atoms with Gasteiger partial charge in [-0.3, -0.25) is 9.10 Å². The lowest BCUT2D eigenvalue weighted by Gasteiger charge is -2.22. The molecule has 3 rings (SSSR count). The summed E-state index contributed by atoms with van der Waals surface area (Å²) < 4.78 is 27.7. The number of halogens is 1. The third-order valence-corrected chi connectivity index (χ3v) is 7.36. The first-order chi connectivity index (χ1) is 14.4. The molecule has 3 N–H and O–H groups in total. The van der Waals surface area contributed by atoms with E-state index in [0.717, 1.165) is 31.2 Å². The fraction of sp³-hybridized carbons (Fsp3) is 0.381. The number of carbonyl (C=O) groups is 1. The van der Waals surface area contributed by atoms with Crippen molar-refractivity contribution in [3.05, 3.63) is 58.6 Å². The topological polar surface area (TPSA) is 102 Å². The second kappa shape index (κ2) is 9.78. The highest BCUT2D eigenvalue weighted by molar-refractivity contribution is 7.92. The van der Waals surface area contributed by atoms with E-state index in [1.807, 2.05) is 24.3 Å². The Balaban J connectivity index is 1.79. The summed E-state index contributed by atoms with van der Waals surface area (Å²) in [5, 5.41) is 3.90. The predicted octanol–water partition coefficient (Wildman–Crippen LogP) is 3.52. The fourth-order valence-electron chi connectivity index (χ4n) is 3.71. The average Bonchev–Trinajstić information content (AvgIpc) is 2.81. The van der Waals surface area contributed by atoms with Crippen LogP contribution < -0.4 is 15.5 Å². The van der Waals surface area contributed by atoms with Crippen LogP contribution in [0.5, 0.6) is 0 Å². The van der Waals surface area contributed by atoms with Crippen LogP contribution in [-0.4, -0.2) is 28.0 Å². The number of rotatable bonds is 8. The molecule has 0 bridgehead atoms. The molecule has 30 heavy (non-hydrogen) atoms. The molecule has 0 saturated heterocycles. The zero-order valence-corrected chi connectivity index (χ0v) is 18.4.